The average molecular weight is 237 g/mol. The lowest BCUT2D eigenvalue weighted by Crippen LogP contribution is -2.12. The van der Waals surface area contributed by atoms with E-state index in [9.17, 15) is 4.79 Å². The van der Waals surface area contributed by atoms with Gasteiger partial charge in [0.05, 0.1) is 12.7 Å². The molecule has 0 radical (unpaired) electrons. The van der Waals surface area contributed by atoms with E-state index in [1.807, 2.05) is 20.8 Å². The maximum absolute atomic E-state index is 11.2. The van der Waals surface area contributed by atoms with E-state index >= 15 is 0 Å². The first-order valence-corrected chi connectivity index (χ1v) is 5.77. The monoisotopic (exact) mass is 237 g/mol. The van der Waals surface area contributed by atoms with Crippen LogP contribution in [0.3, 0.4) is 0 Å². The van der Waals surface area contributed by atoms with Crippen molar-refractivity contribution in [2.45, 2.75) is 33.3 Å². The van der Waals surface area contributed by atoms with Crippen LogP contribution in [0.1, 0.15) is 37.6 Å². The lowest BCUT2D eigenvalue weighted by atomic mass is 10.2. The number of rotatable bonds is 6. The van der Waals surface area contributed by atoms with Gasteiger partial charge in [-0.2, -0.15) is 0 Å². The Morgan fingerprint density at radius 2 is 1.94 bits per heavy atom. The summed E-state index contributed by atoms with van der Waals surface area (Å²) in [6, 6.07) is 5.02. The second-order valence-electron chi connectivity index (χ2n) is 4.07. The van der Waals surface area contributed by atoms with Crippen molar-refractivity contribution in [2.24, 2.45) is 5.73 Å². The normalized spacial score (nSPS) is 10.4. The molecule has 1 aromatic rings. The van der Waals surface area contributed by atoms with Crippen molar-refractivity contribution >= 4 is 5.91 Å². The maximum atomic E-state index is 11.2. The zero-order chi connectivity index (χ0) is 12.8. The number of carbonyl (C=O) groups excluding carboxylic acids is 1. The van der Waals surface area contributed by atoms with Gasteiger partial charge in [-0.25, -0.2) is 0 Å². The highest BCUT2D eigenvalue weighted by Gasteiger charge is 2.08. The fourth-order valence-corrected chi connectivity index (χ4v) is 1.36. The summed E-state index contributed by atoms with van der Waals surface area (Å²) >= 11 is 0. The van der Waals surface area contributed by atoms with Crippen LogP contribution in [0.2, 0.25) is 0 Å². The molecular formula is C13H19NO3. The number of carbonyl (C=O) groups is 1. The Morgan fingerprint density at radius 1 is 1.29 bits per heavy atom. The van der Waals surface area contributed by atoms with Crippen molar-refractivity contribution in [3.63, 3.8) is 0 Å². The second-order valence-corrected chi connectivity index (χ2v) is 4.07. The highest BCUT2D eigenvalue weighted by molar-refractivity contribution is 5.93. The van der Waals surface area contributed by atoms with Gasteiger partial charge in [0.15, 0.2) is 0 Å². The quantitative estimate of drug-likeness (QED) is 0.826. The molecule has 0 bridgehead atoms. The van der Waals surface area contributed by atoms with Gasteiger partial charge < -0.3 is 15.2 Å². The fourth-order valence-electron chi connectivity index (χ4n) is 1.36. The number of ether oxygens (including phenoxy) is 2. The molecule has 4 heteroatoms. The summed E-state index contributed by atoms with van der Waals surface area (Å²) in [5.74, 6) is 0.724. The van der Waals surface area contributed by atoms with Gasteiger partial charge >= 0.3 is 0 Å². The largest absolute Gasteiger partial charge is 0.493 e. The zero-order valence-corrected chi connectivity index (χ0v) is 10.5. The first kappa shape index (κ1) is 13.4. The summed E-state index contributed by atoms with van der Waals surface area (Å²) in [4.78, 5) is 11.2. The van der Waals surface area contributed by atoms with Gasteiger partial charge in [-0.15, -0.1) is 0 Å². The van der Waals surface area contributed by atoms with E-state index in [0.717, 1.165) is 6.42 Å². The van der Waals surface area contributed by atoms with E-state index in [2.05, 4.69) is 0 Å². The number of primary amides is 1. The second kappa shape index (κ2) is 6.13. The van der Waals surface area contributed by atoms with Gasteiger partial charge in [0, 0.05) is 11.6 Å². The van der Waals surface area contributed by atoms with Crippen LogP contribution in [0.5, 0.6) is 11.5 Å². The van der Waals surface area contributed by atoms with Crippen LogP contribution >= 0.6 is 0 Å². The van der Waals surface area contributed by atoms with Crippen molar-refractivity contribution in [3.8, 4) is 11.5 Å². The minimum Gasteiger partial charge on any atom is -0.493 e. The predicted molar refractivity (Wildman–Crippen MR) is 66.5 cm³/mol. The number of amides is 1. The molecule has 4 nitrogen and oxygen atoms in total. The molecule has 17 heavy (non-hydrogen) atoms. The van der Waals surface area contributed by atoms with E-state index in [0.29, 0.717) is 23.7 Å². The number of benzene rings is 1. The number of hydrogen-bond donors (Lipinski definition) is 1. The van der Waals surface area contributed by atoms with Crippen molar-refractivity contribution in [3.05, 3.63) is 23.8 Å². The summed E-state index contributed by atoms with van der Waals surface area (Å²) in [7, 11) is 0. The molecule has 0 aliphatic rings. The minimum absolute atomic E-state index is 0.0390. The molecular weight excluding hydrogens is 218 g/mol. The van der Waals surface area contributed by atoms with E-state index in [4.69, 9.17) is 15.2 Å². The molecule has 0 spiro atoms. The van der Waals surface area contributed by atoms with Gasteiger partial charge in [0.25, 0.3) is 0 Å². The summed E-state index contributed by atoms with van der Waals surface area (Å²) in [5.41, 5.74) is 5.66. The van der Waals surface area contributed by atoms with Crippen LogP contribution in [0.4, 0.5) is 0 Å². The molecule has 1 aromatic carbocycles. The Hall–Kier alpha value is -1.71. The molecule has 0 heterocycles. The Morgan fingerprint density at radius 3 is 2.47 bits per heavy atom. The molecule has 2 N–H and O–H groups in total. The van der Waals surface area contributed by atoms with E-state index in [1.54, 1.807) is 18.2 Å². The Labute approximate surface area is 102 Å². The molecule has 0 fully saturated rings. The standard InChI is InChI=1S/C13H19NO3/c1-4-5-16-11-6-10(13(14)15)7-12(8-11)17-9(2)3/h6-9H,4-5H2,1-3H3,(H2,14,15). The van der Waals surface area contributed by atoms with Crippen molar-refractivity contribution in [1.82, 2.24) is 0 Å². The molecule has 0 saturated carbocycles. The highest BCUT2D eigenvalue weighted by Crippen LogP contribution is 2.23. The minimum atomic E-state index is -0.486. The molecule has 0 saturated heterocycles. The fraction of sp³-hybridized carbons (Fsp3) is 0.462. The molecule has 0 aromatic heterocycles. The van der Waals surface area contributed by atoms with E-state index < -0.39 is 5.91 Å². The van der Waals surface area contributed by atoms with Gasteiger partial charge in [0.2, 0.25) is 5.91 Å². The summed E-state index contributed by atoms with van der Waals surface area (Å²) in [6.07, 6.45) is 0.943. The average Bonchev–Trinajstić information content (AvgIpc) is 2.25. The third-order valence-corrected chi connectivity index (χ3v) is 2.01. The number of nitrogens with two attached hydrogens (primary N) is 1. The van der Waals surface area contributed by atoms with Crippen LogP contribution in [0.15, 0.2) is 18.2 Å². The summed E-state index contributed by atoms with van der Waals surface area (Å²) < 4.78 is 11.0. The maximum Gasteiger partial charge on any atom is 0.248 e. The van der Waals surface area contributed by atoms with Crippen LogP contribution in [-0.2, 0) is 0 Å². The van der Waals surface area contributed by atoms with Gasteiger partial charge in [-0.05, 0) is 32.4 Å². The first-order valence-electron chi connectivity index (χ1n) is 5.77. The topological polar surface area (TPSA) is 61.6 Å². The molecule has 1 amide bonds. The lowest BCUT2D eigenvalue weighted by molar-refractivity contribution is 0.0999. The van der Waals surface area contributed by atoms with Gasteiger partial charge in [-0.1, -0.05) is 6.92 Å². The van der Waals surface area contributed by atoms with Gasteiger partial charge in [0.1, 0.15) is 11.5 Å². The lowest BCUT2D eigenvalue weighted by Gasteiger charge is -2.13. The Balaban J connectivity index is 2.96. The van der Waals surface area contributed by atoms with Crippen LogP contribution in [-0.4, -0.2) is 18.6 Å². The predicted octanol–water partition coefficient (Wildman–Crippen LogP) is 2.36. The van der Waals surface area contributed by atoms with Crippen molar-refractivity contribution in [1.29, 1.82) is 0 Å². The molecule has 0 atom stereocenters. The van der Waals surface area contributed by atoms with Crippen molar-refractivity contribution < 1.29 is 14.3 Å². The van der Waals surface area contributed by atoms with Gasteiger partial charge in [-0.3, -0.25) is 4.79 Å². The molecule has 0 unspecified atom stereocenters. The van der Waals surface area contributed by atoms with E-state index in [-0.39, 0.29) is 6.10 Å². The van der Waals surface area contributed by atoms with Crippen LogP contribution in [0, 0.1) is 0 Å². The molecule has 0 aliphatic heterocycles. The van der Waals surface area contributed by atoms with Crippen LogP contribution < -0.4 is 15.2 Å². The molecule has 1 rings (SSSR count). The molecule has 94 valence electrons. The third kappa shape index (κ3) is 4.34. The van der Waals surface area contributed by atoms with Crippen molar-refractivity contribution in [2.75, 3.05) is 6.61 Å². The Bertz CT molecular complexity index is 388. The zero-order valence-electron chi connectivity index (χ0n) is 10.5. The summed E-state index contributed by atoms with van der Waals surface area (Å²) in [6.45, 7) is 6.46. The smallest absolute Gasteiger partial charge is 0.248 e. The first-order chi connectivity index (χ1) is 8.02. The van der Waals surface area contributed by atoms with Crippen LogP contribution in [0.25, 0.3) is 0 Å². The highest BCUT2D eigenvalue weighted by atomic mass is 16.5. The van der Waals surface area contributed by atoms with E-state index in [1.165, 1.54) is 0 Å². The number of hydrogen-bond acceptors (Lipinski definition) is 3. The molecule has 0 aliphatic carbocycles. The Kier molecular flexibility index (Phi) is 4.82. The SMILES string of the molecule is CCCOc1cc(OC(C)C)cc(C(N)=O)c1. The summed E-state index contributed by atoms with van der Waals surface area (Å²) in [5, 5.41) is 0. The third-order valence-electron chi connectivity index (χ3n) is 2.01.